The lowest BCUT2D eigenvalue weighted by Gasteiger charge is -2.14. The third-order valence-electron chi connectivity index (χ3n) is 1.23. The van der Waals surface area contributed by atoms with Crippen molar-refractivity contribution in [2.75, 3.05) is 0 Å². The number of amides is 2. The monoisotopic (exact) mass is 170 g/mol. The Morgan fingerprint density at radius 3 is 2.42 bits per heavy atom. The quantitative estimate of drug-likeness (QED) is 0.466. The van der Waals surface area contributed by atoms with Crippen molar-refractivity contribution in [2.24, 2.45) is 0 Å². The van der Waals surface area contributed by atoms with E-state index in [1.54, 1.807) is 6.92 Å². The molecule has 0 aliphatic heterocycles. The predicted octanol–water partition coefficient (Wildman–Crippen LogP) is 0.161. The first kappa shape index (κ1) is 10.7. The molecule has 0 saturated carbocycles. The fraction of sp³-hybridized carbons (Fsp3) is 0.500. The summed E-state index contributed by atoms with van der Waals surface area (Å²) in [5.74, 6) is -0.315. The Balaban J connectivity index is 3.90. The molecule has 0 aliphatic carbocycles. The number of hydrogen-bond acceptors (Lipinski definition) is 2. The maximum atomic E-state index is 10.9. The van der Waals surface area contributed by atoms with Gasteiger partial charge in [0.05, 0.1) is 0 Å². The van der Waals surface area contributed by atoms with Crippen LogP contribution < -0.4 is 10.6 Å². The van der Waals surface area contributed by atoms with Gasteiger partial charge >= 0.3 is 0 Å². The summed E-state index contributed by atoms with van der Waals surface area (Å²) in [6.45, 7) is 6.59. The van der Waals surface area contributed by atoms with Crippen molar-refractivity contribution in [3.63, 3.8) is 0 Å². The van der Waals surface area contributed by atoms with Gasteiger partial charge in [0.15, 0.2) is 0 Å². The van der Waals surface area contributed by atoms with Gasteiger partial charge < -0.3 is 10.6 Å². The van der Waals surface area contributed by atoms with E-state index in [0.717, 1.165) is 0 Å². The molecule has 0 radical (unpaired) electrons. The molecule has 0 aromatic carbocycles. The van der Waals surface area contributed by atoms with E-state index >= 15 is 0 Å². The predicted molar refractivity (Wildman–Crippen MR) is 46.2 cm³/mol. The molecule has 2 N–H and O–H groups in total. The fourth-order valence-electron chi connectivity index (χ4n) is 0.648. The highest BCUT2D eigenvalue weighted by Crippen LogP contribution is 1.82. The van der Waals surface area contributed by atoms with Gasteiger partial charge in [0.2, 0.25) is 11.8 Å². The Hall–Kier alpha value is -1.32. The molecule has 4 heteroatoms. The molecule has 1 atom stereocenters. The molecule has 2 amide bonds. The van der Waals surface area contributed by atoms with Gasteiger partial charge in [0.1, 0.15) is 6.17 Å². The third kappa shape index (κ3) is 4.49. The van der Waals surface area contributed by atoms with Crippen molar-refractivity contribution in [3.05, 3.63) is 12.7 Å². The van der Waals surface area contributed by atoms with E-state index in [9.17, 15) is 9.59 Å². The second-order valence-electron chi connectivity index (χ2n) is 2.33. The van der Waals surface area contributed by atoms with Crippen LogP contribution in [-0.4, -0.2) is 18.0 Å². The molecule has 0 saturated heterocycles. The molecular formula is C8H14N2O2. The smallest absolute Gasteiger partial charge is 0.221 e. The Labute approximate surface area is 72.0 Å². The number of nitrogens with one attached hydrogen (secondary N) is 2. The van der Waals surface area contributed by atoms with Gasteiger partial charge in [-0.25, -0.2) is 0 Å². The molecule has 0 rings (SSSR count). The maximum absolute atomic E-state index is 10.9. The first-order valence-corrected chi connectivity index (χ1v) is 3.79. The summed E-state index contributed by atoms with van der Waals surface area (Å²) in [7, 11) is 0. The van der Waals surface area contributed by atoms with Crippen molar-refractivity contribution < 1.29 is 9.59 Å². The first-order valence-electron chi connectivity index (χ1n) is 3.79. The number of carbonyl (C=O) groups excluding carboxylic acids is 2. The molecule has 0 aliphatic rings. The van der Waals surface area contributed by atoms with Crippen LogP contribution in [0.4, 0.5) is 0 Å². The minimum atomic E-state index is -0.463. The Morgan fingerprint density at radius 1 is 1.50 bits per heavy atom. The van der Waals surface area contributed by atoms with Gasteiger partial charge in [-0.15, -0.1) is 0 Å². The lowest BCUT2D eigenvalue weighted by Crippen LogP contribution is -2.45. The largest absolute Gasteiger partial charge is 0.333 e. The van der Waals surface area contributed by atoms with Crippen LogP contribution in [0.5, 0.6) is 0 Å². The Bertz CT molecular complexity index is 189. The van der Waals surface area contributed by atoms with E-state index in [-0.39, 0.29) is 11.8 Å². The highest BCUT2D eigenvalue weighted by molar-refractivity contribution is 5.78. The number of rotatable bonds is 4. The second kappa shape index (κ2) is 5.35. The van der Waals surface area contributed by atoms with Crippen LogP contribution in [0, 0.1) is 0 Å². The van der Waals surface area contributed by atoms with Crippen LogP contribution in [0.25, 0.3) is 0 Å². The van der Waals surface area contributed by atoms with Crippen LogP contribution >= 0.6 is 0 Å². The van der Waals surface area contributed by atoms with Gasteiger partial charge in [-0.3, -0.25) is 9.59 Å². The minimum Gasteiger partial charge on any atom is -0.333 e. The summed E-state index contributed by atoms with van der Waals surface area (Å²) < 4.78 is 0. The highest BCUT2D eigenvalue weighted by atomic mass is 16.2. The maximum Gasteiger partial charge on any atom is 0.221 e. The summed E-state index contributed by atoms with van der Waals surface area (Å²) in [5.41, 5.74) is 0. The van der Waals surface area contributed by atoms with E-state index in [1.807, 2.05) is 0 Å². The van der Waals surface area contributed by atoms with E-state index in [1.165, 1.54) is 13.0 Å². The lowest BCUT2D eigenvalue weighted by molar-refractivity contribution is -0.122. The number of carbonyl (C=O) groups is 2. The summed E-state index contributed by atoms with van der Waals surface area (Å²) >= 11 is 0. The summed E-state index contributed by atoms with van der Waals surface area (Å²) in [6.07, 6.45) is 1.40. The molecule has 68 valence electrons. The van der Waals surface area contributed by atoms with Gasteiger partial charge in [-0.05, 0) is 6.08 Å². The summed E-state index contributed by atoms with van der Waals surface area (Å²) in [5, 5.41) is 5.06. The molecule has 0 bridgehead atoms. The van der Waals surface area contributed by atoms with E-state index in [0.29, 0.717) is 6.42 Å². The number of hydrogen-bond donors (Lipinski definition) is 2. The zero-order chi connectivity index (χ0) is 9.56. The molecular weight excluding hydrogens is 156 g/mol. The molecule has 0 aromatic rings. The minimum absolute atomic E-state index is 0.117. The van der Waals surface area contributed by atoms with Crippen LogP contribution in [0.1, 0.15) is 20.3 Å². The van der Waals surface area contributed by atoms with E-state index in [4.69, 9.17) is 0 Å². The van der Waals surface area contributed by atoms with Gasteiger partial charge in [0, 0.05) is 13.3 Å². The molecule has 12 heavy (non-hydrogen) atoms. The zero-order valence-corrected chi connectivity index (χ0v) is 7.39. The van der Waals surface area contributed by atoms with E-state index < -0.39 is 6.17 Å². The van der Waals surface area contributed by atoms with Crippen molar-refractivity contribution >= 4 is 11.8 Å². The van der Waals surface area contributed by atoms with Crippen molar-refractivity contribution in [3.8, 4) is 0 Å². The molecule has 0 aromatic heterocycles. The van der Waals surface area contributed by atoms with Gasteiger partial charge in [-0.2, -0.15) is 0 Å². The molecule has 0 heterocycles. The van der Waals surface area contributed by atoms with Crippen molar-refractivity contribution in [1.29, 1.82) is 0 Å². The zero-order valence-electron chi connectivity index (χ0n) is 7.39. The van der Waals surface area contributed by atoms with Gasteiger partial charge in [-0.1, -0.05) is 13.5 Å². The molecule has 4 nitrogen and oxygen atoms in total. The topological polar surface area (TPSA) is 58.2 Å². The second-order valence-corrected chi connectivity index (χ2v) is 2.33. The summed E-state index contributed by atoms with van der Waals surface area (Å²) in [6, 6.07) is 0. The van der Waals surface area contributed by atoms with Crippen molar-refractivity contribution in [2.45, 2.75) is 26.4 Å². The van der Waals surface area contributed by atoms with Crippen LogP contribution in [0.2, 0.25) is 0 Å². The van der Waals surface area contributed by atoms with Crippen LogP contribution in [-0.2, 0) is 9.59 Å². The van der Waals surface area contributed by atoms with Crippen LogP contribution in [0.15, 0.2) is 12.7 Å². The fourth-order valence-corrected chi connectivity index (χ4v) is 0.648. The Morgan fingerprint density at radius 2 is 2.08 bits per heavy atom. The standard InChI is InChI=1S/C8H14N2O2/c1-4-7(9-6(3)11)10-8(12)5-2/h4,7H,1,5H2,2-3H3,(H,9,11)(H,10,12). The lowest BCUT2D eigenvalue weighted by atomic mass is 10.4. The van der Waals surface area contributed by atoms with E-state index in [2.05, 4.69) is 17.2 Å². The normalized spacial score (nSPS) is 11.5. The Kier molecular flexibility index (Phi) is 4.76. The summed E-state index contributed by atoms with van der Waals surface area (Å²) in [4.78, 5) is 21.4. The molecule has 1 unspecified atom stereocenters. The highest BCUT2D eigenvalue weighted by Gasteiger charge is 2.06. The SMILES string of the molecule is C=CC(NC(C)=O)NC(=O)CC. The van der Waals surface area contributed by atoms with Crippen molar-refractivity contribution in [1.82, 2.24) is 10.6 Å². The third-order valence-corrected chi connectivity index (χ3v) is 1.23. The average Bonchev–Trinajstić information content (AvgIpc) is 2.02. The average molecular weight is 170 g/mol. The van der Waals surface area contributed by atoms with Gasteiger partial charge in [0.25, 0.3) is 0 Å². The molecule has 0 spiro atoms. The molecule has 0 fully saturated rings. The van der Waals surface area contributed by atoms with Crippen LogP contribution in [0.3, 0.4) is 0 Å². The first-order chi connectivity index (χ1) is 5.60.